The quantitative estimate of drug-likeness (QED) is 0.614. The fraction of sp³-hybridized carbons (Fsp3) is 0.263. The van der Waals surface area contributed by atoms with Gasteiger partial charge in [0.25, 0.3) is 5.91 Å². The summed E-state index contributed by atoms with van der Waals surface area (Å²) in [4.78, 5) is 37.2. The van der Waals surface area contributed by atoms with Gasteiger partial charge in [0.05, 0.1) is 41.8 Å². The van der Waals surface area contributed by atoms with E-state index in [2.05, 4.69) is 30.7 Å². The van der Waals surface area contributed by atoms with Crippen LogP contribution in [-0.2, 0) is 7.05 Å². The monoisotopic (exact) mass is 397 g/mol. The molecule has 0 bridgehead atoms. The Kier molecular flexibility index (Phi) is 5.62. The van der Waals surface area contributed by atoms with Crippen molar-refractivity contribution in [3.8, 4) is 0 Å². The molecule has 0 aromatic carbocycles. The van der Waals surface area contributed by atoms with E-state index < -0.39 is 11.7 Å². The minimum atomic E-state index is -0.559. The van der Waals surface area contributed by atoms with Crippen molar-refractivity contribution in [3.05, 3.63) is 53.9 Å². The smallest absolute Gasteiger partial charge is 0.276 e. The van der Waals surface area contributed by atoms with Gasteiger partial charge in [0.2, 0.25) is 0 Å². The number of nitrogens with one attached hydrogen (secondary N) is 2. The van der Waals surface area contributed by atoms with E-state index in [1.165, 1.54) is 36.3 Å². The van der Waals surface area contributed by atoms with Gasteiger partial charge in [0.15, 0.2) is 11.5 Å². The number of hydrogen-bond acceptors (Lipinski definition) is 7. The Morgan fingerprint density at radius 1 is 1.14 bits per heavy atom. The molecule has 3 rings (SSSR count). The number of hydrogen-bond donors (Lipinski definition) is 2. The Hall–Kier alpha value is -3.69. The van der Waals surface area contributed by atoms with Gasteiger partial charge in [-0.25, -0.2) is 14.4 Å². The van der Waals surface area contributed by atoms with Gasteiger partial charge in [-0.1, -0.05) is 13.8 Å². The Morgan fingerprint density at radius 2 is 1.90 bits per heavy atom. The van der Waals surface area contributed by atoms with Crippen molar-refractivity contribution in [1.29, 1.82) is 0 Å². The molecule has 0 spiro atoms. The number of anilines is 3. The highest BCUT2D eigenvalue weighted by Gasteiger charge is 2.21. The number of amides is 1. The van der Waals surface area contributed by atoms with Gasteiger partial charge in [-0.05, 0) is 0 Å². The van der Waals surface area contributed by atoms with Gasteiger partial charge >= 0.3 is 0 Å². The number of carbonyl (C=O) groups is 2. The van der Waals surface area contributed by atoms with Crippen molar-refractivity contribution in [2.45, 2.75) is 26.7 Å². The first kappa shape index (κ1) is 20.1. The third-order valence-corrected chi connectivity index (χ3v) is 4.04. The van der Waals surface area contributed by atoms with Crippen LogP contribution in [0.3, 0.4) is 0 Å². The third kappa shape index (κ3) is 4.42. The second-order valence-corrected chi connectivity index (χ2v) is 6.70. The molecule has 150 valence electrons. The van der Waals surface area contributed by atoms with Gasteiger partial charge in [0, 0.05) is 26.0 Å². The van der Waals surface area contributed by atoms with E-state index >= 15 is 0 Å². The van der Waals surface area contributed by atoms with E-state index in [0.717, 1.165) is 6.20 Å². The summed E-state index contributed by atoms with van der Waals surface area (Å²) in [5, 5.41) is 9.60. The zero-order valence-electron chi connectivity index (χ0n) is 16.4. The highest BCUT2D eigenvalue weighted by atomic mass is 19.1. The summed E-state index contributed by atoms with van der Waals surface area (Å²) in [5.74, 6) is -0.873. The molecular weight excluding hydrogens is 377 g/mol. The lowest BCUT2D eigenvalue weighted by Crippen LogP contribution is -2.19. The fourth-order valence-corrected chi connectivity index (χ4v) is 2.70. The maximum Gasteiger partial charge on any atom is 0.276 e. The van der Waals surface area contributed by atoms with Gasteiger partial charge in [-0.3, -0.25) is 19.3 Å². The van der Waals surface area contributed by atoms with Crippen LogP contribution in [0.4, 0.5) is 21.5 Å². The molecule has 0 unspecified atom stereocenters. The molecular formula is C19H20FN7O2. The number of ketones is 1. The average molecular weight is 397 g/mol. The minimum absolute atomic E-state index is 0.0161. The minimum Gasteiger partial charge on any atom is -0.351 e. The van der Waals surface area contributed by atoms with Crippen LogP contribution in [0.2, 0.25) is 0 Å². The largest absolute Gasteiger partial charge is 0.351 e. The summed E-state index contributed by atoms with van der Waals surface area (Å²) < 4.78 is 14.8. The predicted molar refractivity (Wildman–Crippen MR) is 105 cm³/mol. The molecule has 29 heavy (non-hydrogen) atoms. The van der Waals surface area contributed by atoms with E-state index in [1.807, 2.05) is 13.8 Å². The van der Waals surface area contributed by atoms with Crippen LogP contribution in [0.15, 0.2) is 30.9 Å². The number of rotatable bonds is 6. The standard InChI is InChI=1S/C19H20FN7O2/c1-10(2)18-22-8-14(24-13-5-12(20)6-21-7-13)16(26-18)19(29)25-15-9-23-27(4)17(15)11(3)28/h5-10,24H,1-4H3,(H,25,29). The Labute approximate surface area is 166 Å². The lowest BCUT2D eigenvalue weighted by Gasteiger charge is -2.13. The van der Waals surface area contributed by atoms with Crippen LogP contribution in [0.25, 0.3) is 0 Å². The van der Waals surface area contributed by atoms with Crippen LogP contribution in [0.1, 0.15) is 53.5 Å². The molecule has 3 aromatic rings. The Bertz CT molecular complexity index is 1080. The molecule has 0 aliphatic rings. The predicted octanol–water partition coefficient (Wildman–Crippen LogP) is 3.07. The fourth-order valence-electron chi connectivity index (χ4n) is 2.70. The molecule has 0 saturated carbocycles. The van der Waals surface area contributed by atoms with E-state index in [-0.39, 0.29) is 34.5 Å². The van der Waals surface area contributed by atoms with Gasteiger partial charge in [-0.15, -0.1) is 0 Å². The number of carbonyl (C=O) groups excluding carboxylic acids is 2. The molecule has 9 nitrogen and oxygen atoms in total. The summed E-state index contributed by atoms with van der Waals surface area (Å²) >= 11 is 0. The van der Waals surface area contributed by atoms with Gasteiger partial charge in [0.1, 0.15) is 17.3 Å². The molecule has 10 heteroatoms. The van der Waals surface area contributed by atoms with Crippen LogP contribution in [-0.4, -0.2) is 36.4 Å². The first-order valence-corrected chi connectivity index (χ1v) is 8.85. The summed E-state index contributed by atoms with van der Waals surface area (Å²) in [6, 6.07) is 1.24. The van der Waals surface area contributed by atoms with E-state index in [1.54, 1.807) is 7.05 Å². The van der Waals surface area contributed by atoms with Crippen molar-refractivity contribution < 1.29 is 14.0 Å². The van der Waals surface area contributed by atoms with Gasteiger partial charge < -0.3 is 10.6 Å². The second kappa shape index (κ2) is 8.13. The summed E-state index contributed by atoms with van der Waals surface area (Å²) in [7, 11) is 1.61. The first-order valence-electron chi connectivity index (χ1n) is 8.85. The molecule has 0 saturated heterocycles. The highest BCUT2D eigenvalue weighted by molar-refractivity contribution is 6.10. The zero-order chi connectivity index (χ0) is 21.1. The van der Waals surface area contributed by atoms with Crippen molar-refractivity contribution >= 4 is 28.8 Å². The molecule has 3 heterocycles. The second-order valence-electron chi connectivity index (χ2n) is 6.70. The normalized spacial score (nSPS) is 10.8. The number of halogens is 1. The van der Waals surface area contributed by atoms with Crippen LogP contribution < -0.4 is 10.6 Å². The van der Waals surface area contributed by atoms with Crippen LogP contribution >= 0.6 is 0 Å². The summed E-state index contributed by atoms with van der Waals surface area (Å²) in [6.45, 7) is 5.18. The molecule has 0 atom stereocenters. The average Bonchev–Trinajstić information content (AvgIpc) is 3.02. The Balaban J connectivity index is 1.98. The summed E-state index contributed by atoms with van der Waals surface area (Å²) in [5.41, 5.74) is 1.19. The number of aryl methyl sites for hydroxylation is 1. The molecule has 0 radical (unpaired) electrons. The summed E-state index contributed by atoms with van der Waals surface area (Å²) in [6.07, 6.45) is 5.33. The van der Waals surface area contributed by atoms with E-state index in [9.17, 15) is 14.0 Å². The van der Waals surface area contributed by atoms with E-state index in [0.29, 0.717) is 11.5 Å². The van der Waals surface area contributed by atoms with Crippen molar-refractivity contribution in [2.75, 3.05) is 10.6 Å². The van der Waals surface area contributed by atoms with Crippen molar-refractivity contribution in [2.24, 2.45) is 7.05 Å². The molecule has 3 aromatic heterocycles. The molecule has 0 aliphatic heterocycles. The first-order chi connectivity index (χ1) is 13.8. The van der Waals surface area contributed by atoms with Crippen molar-refractivity contribution in [1.82, 2.24) is 24.7 Å². The Morgan fingerprint density at radius 3 is 2.55 bits per heavy atom. The van der Waals surface area contributed by atoms with Crippen LogP contribution in [0.5, 0.6) is 0 Å². The topological polar surface area (TPSA) is 115 Å². The lowest BCUT2D eigenvalue weighted by molar-refractivity contribution is 0.101. The van der Waals surface area contributed by atoms with Crippen molar-refractivity contribution in [3.63, 3.8) is 0 Å². The number of pyridine rings is 1. The number of Topliss-reactive ketones (excluding diaryl/α,β-unsaturated/α-hetero) is 1. The third-order valence-electron chi connectivity index (χ3n) is 4.04. The number of aromatic nitrogens is 5. The molecule has 2 N–H and O–H groups in total. The van der Waals surface area contributed by atoms with Gasteiger partial charge in [-0.2, -0.15) is 5.10 Å². The molecule has 0 aliphatic carbocycles. The maximum absolute atomic E-state index is 13.5. The number of nitrogens with zero attached hydrogens (tertiary/aromatic N) is 5. The van der Waals surface area contributed by atoms with E-state index in [4.69, 9.17) is 0 Å². The lowest BCUT2D eigenvalue weighted by atomic mass is 10.2. The maximum atomic E-state index is 13.5. The zero-order valence-corrected chi connectivity index (χ0v) is 16.4. The molecule has 0 fully saturated rings. The highest BCUT2D eigenvalue weighted by Crippen LogP contribution is 2.23. The molecule has 1 amide bonds. The van der Waals surface area contributed by atoms with Crippen LogP contribution in [0, 0.1) is 5.82 Å². The SMILES string of the molecule is CC(=O)c1c(NC(=O)c2nc(C(C)C)ncc2Nc2cncc(F)c2)cnn1C.